The molecule has 1 heterocycles. The first-order chi connectivity index (χ1) is 11.8. The van der Waals surface area contributed by atoms with Crippen LogP contribution in [0.1, 0.15) is 12.8 Å². The molecule has 1 amide bonds. The molecule has 1 fully saturated rings. The minimum atomic E-state index is -3.51. The standard InChI is InChI=1S/C17H26N2O5S.ClH/c1-19(12-13-24-15-7-5-4-6-14(15)23-2)16(20)17(25(3,21)22)8-10-18-11-9-17;/h4-7,18H,8-13H2,1-3H3;1H. The minimum absolute atomic E-state index is 0. The summed E-state index contributed by atoms with van der Waals surface area (Å²) in [7, 11) is -0.337. The Hall–Kier alpha value is -1.51. The second kappa shape index (κ2) is 9.43. The quantitative estimate of drug-likeness (QED) is 0.730. The molecule has 2 rings (SSSR count). The van der Waals surface area contributed by atoms with Crippen molar-refractivity contribution in [1.82, 2.24) is 10.2 Å². The van der Waals surface area contributed by atoms with Gasteiger partial charge in [-0.1, -0.05) is 12.1 Å². The van der Waals surface area contributed by atoms with Crippen molar-refractivity contribution in [3.8, 4) is 11.5 Å². The van der Waals surface area contributed by atoms with E-state index >= 15 is 0 Å². The molecule has 7 nitrogen and oxygen atoms in total. The van der Waals surface area contributed by atoms with Crippen LogP contribution in [0.25, 0.3) is 0 Å². The van der Waals surface area contributed by atoms with Gasteiger partial charge in [0, 0.05) is 13.3 Å². The van der Waals surface area contributed by atoms with Gasteiger partial charge in [-0.3, -0.25) is 4.79 Å². The molecule has 0 aliphatic carbocycles. The van der Waals surface area contributed by atoms with Crippen LogP contribution in [0.4, 0.5) is 0 Å². The Bertz CT molecular complexity index is 705. The summed E-state index contributed by atoms with van der Waals surface area (Å²) in [6.45, 7) is 1.58. The van der Waals surface area contributed by atoms with Crippen LogP contribution in [0.5, 0.6) is 11.5 Å². The summed E-state index contributed by atoms with van der Waals surface area (Å²) >= 11 is 0. The van der Waals surface area contributed by atoms with Crippen molar-refractivity contribution < 1.29 is 22.7 Å². The summed E-state index contributed by atoms with van der Waals surface area (Å²) in [5.74, 6) is 0.841. The maximum atomic E-state index is 12.9. The zero-order valence-corrected chi connectivity index (χ0v) is 17.0. The summed E-state index contributed by atoms with van der Waals surface area (Å²) < 4.78 is 34.2. The number of para-hydroxylation sites is 2. The van der Waals surface area contributed by atoms with E-state index in [2.05, 4.69) is 5.32 Å². The van der Waals surface area contributed by atoms with Gasteiger partial charge in [0.2, 0.25) is 5.91 Å². The molecule has 1 saturated heterocycles. The van der Waals surface area contributed by atoms with Crippen LogP contribution < -0.4 is 14.8 Å². The number of piperidine rings is 1. The van der Waals surface area contributed by atoms with Gasteiger partial charge in [0.05, 0.1) is 13.7 Å². The van der Waals surface area contributed by atoms with Gasteiger partial charge < -0.3 is 19.7 Å². The zero-order valence-electron chi connectivity index (χ0n) is 15.4. The minimum Gasteiger partial charge on any atom is -0.493 e. The van der Waals surface area contributed by atoms with Crippen LogP contribution in [0.2, 0.25) is 0 Å². The second-order valence-electron chi connectivity index (χ2n) is 6.24. The van der Waals surface area contributed by atoms with Crippen LogP contribution in [0.15, 0.2) is 24.3 Å². The Morgan fingerprint density at radius 1 is 1.23 bits per heavy atom. The van der Waals surface area contributed by atoms with Gasteiger partial charge in [0.15, 0.2) is 26.1 Å². The number of halogens is 1. The lowest BCUT2D eigenvalue weighted by Crippen LogP contribution is -2.57. The Morgan fingerprint density at radius 2 is 1.81 bits per heavy atom. The number of rotatable bonds is 7. The Morgan fingerprint density at radius 3 is 2.35 bits per heavy atom. The summed E-state index contributed by atoms with van der Waals surface area (Å²) in [4.78, 5) is 14.3. The molecule has 1 aromatic carbocycles. The van der Waals surface area contributed by atoms with Crippen LogP contribution >= 0.6 is 12.4 Å². The number of amides is 1. The van der Waals surface area contributed by atoms with E-state index in [-0.39, 0.29) is 24.9 Å². The average Bonchev–Trinajstić information content (AvgIpc) is 2.61. The Balaban J connectivity index is 0.00000338. The lowest BCUT2D eigenvalue weighted by Gasteiger charge is -2.37. The van der Waals surface area contributed by atoms with Crippen molar-refractivity contribution in [3.63, 3.8) is 0 Å². The van der Waals surface area contributed by atoms with Crippen molar-refractivity contribution in [3.05, 3.63) is 24.3 Å². The van der Waals surface area contributed by atoms with E-state index in [1.165, 1.54) is 4.90 Å². The monoisotopic (exact) mass is 406 g/mol. The van der Waals surface area contributed by atoms with E-state index in [1.807, 2.05) is 12.1 Å². The van der Waals surface area contributed by atoms with Gasteiger partial charge in [-0.2, -0.15) is 0 Å². The van der Waals surface area contributed by atoms with Gasteiger partial charge in [0.25, 0.3) is 0 Å². The number of hydrogen-bond acceptors (Lipinski definition) is 6. The molecule has 0 aromatic heterocycles. The van der Waals surface area contributed by atoms with Crippen molar-refractivity contribution in [2.45, 2.75) is 17.6 Å². The molecular formula is C17H27ClN2O5S. The fourth-order valence-corrected chi connectivity index (χ4v) is 4.47. The molecule has 0 unspecified atom stereocenters. The third-order valence-electron chi connectivity index (χ3n) is 4.61. The summed E-state index contributed by atoms with van der Waals surface area (Å²) in [6, 6.07) is 7.25. The van der Waals surface area contributed by atoms with E-state index in [4.69, 9.17) is 9.47 Å². The molecule has 0 atom stereocenters. The van der Waals surface area contributed by atoms with Crippen molar-refractivity contribution in [2.24, 2.45) is 0 Å². The molecule has 0 radical (unpaired) electrons. The predicted octanol–water partition coefficient (Wildman–Crippen LogP) is 1.12. The molecule has 148 valence electrons. The lowest BCUT2D eigenvalue weighted by atomic mass is 9.95. The molecule has 1 aliphatic heterocycles. The molecule has 0 spiro atoms. The van der Waals surface area contributed by atoms with Crippen molar-refractivity contribution in [1.29, 1.82) is 0 Å². The number of sulfone groups is 1. The van der Waals surface area contributed by atoms with Gasteiger partial charge in [-0.25, -0.2) is 8.42 Å². The molecule has 1 aliphatic rings. The number of likely N-dealkylation sites (N-methyl/N-ethyl adjacent to an activating group) is 1. The number of ether oxygens (including phenoxy) is 2. The highest BCUT2D eigenvalue weighted by atomic mass is 35.5. The number of carbonyl (C=O) groups is 1. The van der Waals surface area contributed by atoms with E-state index in [0.29, 0.717) is 44.0 Å². The first kappa shape index (κ1) is 22.5. The van der Waals surface area contributed by atoms with Gasteiger partial charge in [-0.15, -0.1) is 12.4 Å². The SMILES string of the molecule is COc1ccccc1OCCN(C)C(=O)C1(S(C)(=O)=O)CCNCC1.Cl. The van der Waals surface area contributed by atoms with E-state index in [0.717, 1.165) is 6.26 Å². The topological polar surface area (TPSA) is 84.9 Å². The van der Waals surface area contributed by atoms with Crippen LogP contribution in [0, 0.1) is 0 Å². The summed E-state index contributed by atoms with van der Waals surface area (Å²) in [5.41, 5.74) is 0. The number of methoxy groups -OCH3 is 1. The van der Waals surface area contributed by atoms with Crippen LogP contribution in [0.3, 0.4) is 0 Å². The Labute approximate surface area is 161 Å². The molecule has 1 N–H and O–H groups in total. The molecule has 0 saturated carbocycles. The van der Waals surface area contributed by atoms with Crippen LogP contribution in [-0.4, -0.2) is 70.6 Å². The number of hydrogen-bond donors (Lipinski definition) is 1. The van der Waals surface area contributed by atoms with E-state index in [1.54, 1.807) is 26.3 Å². The maximum Gasteiger partial charge on any atom is 0.243 e. The normalized spacial score (nSPS) is 16.3. The third-order valence-corrected chi connectivity index (χ3v) is 6.61. The number of benzene rings is 1. The molecular weight excluding hydrogens is 380 g/mol. The first-order valence-electron chi connectivity index (χ1n) is 8.23. The number of carbonyl (C=O) groups excluding carboxylic acids is 1. The fraction of sp³-hybridized carbons (Fsp3) is 0.588. The highest BCUT2D eigenvalue weighted by Crippen LogP contribution is 2.30. The smallest absolute Gasteiger partial charge is 0.243 e. The van der Waals surface area contributed by atoms with Gasteiger partial charge in [-0.05, 0) is 38.1 Å². The maximum absolute atomic E-state index is 12.9. The van der Waals surface area contributed by atoms with Gasteiger partial charge in [0.1, 0.15) is 6.61 Å². The van der Waals surface area contributed by atoms with Crippen molar-refractivity contribution in [2.75, 3.05) is 46.7 Å². The molecule has 26 heavy (non-hydrogen) atoms. The van der Waals surface area contributed by atoms with Crippen LogP contribution in [-0.2, 0) is 14.6 Å². The van der Waals surface area contributed by atoms with Crippen molar-refractivity contribution >= 4 is 28.2 Å². The molecule has 0 bridgehead atoms. The lowest BCUT2D eigenvalue weighted by molar-refractivity contribution is -0.133. The fourth-order valence-electron chi connectivity index (χ4n) is 3.05. The first-order valence-corrected chi connectivity index (χ1v) is 10.1. The molecule has 9 heteroatoms. The summed E-state index contributed by atoms with van der Waals surface area (Å²) in [5, 5.41) is 3.11. The molecule has 1 aromatic rings. The number of nitrogens with one attached hydrogen (secondary N) is 1. The largest absolute Gasteiger partial charge is 0.493 e. The van der Waals surface area contributed by atoms with E-state index < -0.39 is 14.6 Å². The summed E-state index contributed by atoms with van der Waals surface area (Å²) in [6.07, 6.45) is 1.74. The van der Waals surface area contributed by atoms with Gasteiger partial charge >= 0.3 is 0 Å². The third kappa shape index (κ3) is 4.81. The second-order valence-corrected chi connectivity index (χ2v) is 8.57. The average molecular weight is 407 g/mol. The highest BCUT2D eigenvalue weighted by molar-refractivity contribution is 7.92. The Kier molecular flexibility index (Phi) is 8.17. The zero-order chi connectivity index (χ0) is 18.5. The predicted molar refractivity (Wildman–Crippen MR) is 103 cm³/mol. The van der Waals surface area contributed by atoms with E-state index in [9.17, 15) is 13.2 Å². The highest BCUT2D eigenvalue weighted by Gasteiger charge is 2.49. The number of nitrogens with zero attached hydrogens (tertiary/aromatic N) is 1.